The van der Waals surface area contributed by atoms with Crippen molar-refractivity contribution in [2.45, 2.75) is 25.6 Å². The van der Waals surface area contributed by atoms with Crippen molar-refractivity contribution in [1.82, 2.24) is 9.47 Å². The molecule has 0 spiro atoms. The topological polar surface area (TPSA) is 46.9 Å². The number of hydrogen-bond donors (Lipinski definition) is 1. The summed E-state index contributed by atoms with van der Waals surface area (Å²) in [6.45, 7) is 2.55. The van der Waals surface area contributed by atoms with Crippen LogP contribution in [0.15, 0.2) is 60.8 Å². The maximum absolute atomic E-state index is 10.3. The fourth-order valence-electron chi connectivity index (χ4n) is 4.16. The number of para-hydroxylation sites is 2. The number of aryl methyl sites for hydroxylation is 1. The number of benzene rings is 2. The fraction of sp³-hybridized carbons (Fsp3) is 0.304. The minimum Gasteiger partial charge on any atom is -0.508 e. The first-order chi connectivity index (χ1) is 13.7. The van der Waals surface area contributed by atoms with Crippen molar-refractivity contribution in [2.75, 3.05) is 20.8 Å². The third-order valence-electron chi connectivity index (χ3n) is 5.45. The van der Waals surface area contributed by atoms with Crippen molar-refractivity contribution < 1.29 is 14.6 Å². The molecule has 1 aromatic heterocycles. The van der Waals surface area contributed by atoms with Crippen LogP contribution >= 0.6 is 0 Å². The summed E-state index contributed by atoms with van der Waals surface area (Å²) in [5.74, 6) is 1.82. The number of fused-ring (bicyclic) bond motifs is 1. The molecule has 5 nitrogen and oxygen atoms in total. The molecule has 146 valence electrons. The lowest BCUT2D eigenvalue weighted by Crippen LogP contribution is -2.30. The van der Waals surface area contributed by atoms with Gasteiger partial charge in [-0.3, -0.25) is 4.90 Å². The van der Waals surface area contributed by atoms with E-state index in [4.69, 9.17) is 9.47 Å². The second-order valence-corrected chi connectivity index (χ2v) is 7.06. The molecule has 0 aliphatic carbocycles. The first-order valence-corrected chi connectivity index (χ1v) is 9.59. The zero-order chi connectivity index (χ0) is 19.5. The van der Waals surface area contributed by atoms with Crippen molar-refractivity contribution in [2.24, 2.45) is 0 Å². The zero-order valence-electron chi connectivity index (χ0n) is 16.3. The summed E-state index contributed by atoms with van der Waals surface area (Å²) in [4.78, 5) is 2.41. The Morgan fingerprint density at radius 3 is 2.61 bits per heavy atom. The summed E-state index contributed by atoms with van der Waals surface area (Å²) in [6.07, 6.45) is 3.18. The van der Waals surface area contributed by atoms with E-state index in [0.717, 1.165) is 42.1 Å². The van der Waals surface area contributed by atoms with Gasteiger partial charge in [-0.25, -0.2) is 0 Å². The van der Waals surface area contributed by atoms with Gasteiger partial charge in [-0.2, -0.15) is 0 Å². The molecule has 1 unspecified atom stereocenters. The average Bonchev–Trinajstić information content (AvgIpc) is 3.10. The van der Waals surface area contributed by atoms with Gasteiger partial charge in [0.15, 0.2) is 11.5 Å². The van der Waals surface area contributed by atoms with Crippen LogP contribution in [0.25, 0.3) is 0 Å². The van der Waals surface area contributed by atoms with E-state index in [1.54, 1.807) is 20.3 Å². The third kappa shape index (κ3) is 3.34. The Hall–Kier alpha value is -2.92. The summed E-state index contributed by atoms with van der Waals surface area (Å²) in [5, 5.41) is 10.3. The fourth-order valence-corrected chi connectivity index (χ4v) is 4.16. The standard InChI is InChI=1S/C23H26N2O3/c1-27-21-12-5-9-18(23(21)28-2)22-19-10-6-13-24(19)14-7-15-25(22)16-17-8-3-4-11-20(17)26/h3-6,8-13,22,26H,7,14-16H2,1-2H3. The van der Waals surface area contributed by atoms with E-state index < -0.39 is 0 Å². The van der Waals surface area contributed by atoms with Crippen LogP contribution in [-0.4, -0.2) is 35.3 Å². The van der Waals surface area contributed by atoms with Crippen molar-refractivity contribution in [3.63, 3.8) is 0 Å². The Labute approximate surface area is 165 Å². The Kier molecular flexibility index (Phi) is 5.26. The molecule has 2 heterocycles. The molecule has 28 heavy (non-hydrogen) atoms. The van der Waals surface area contributed by atoms with Crippen LogP contribution in [0.4, 0.5) is 0 Å². The van der Waals surface area contributed by atoms with Crippen LogP contribution in [0.2, 0.25) is 0 Å². The Balaban J connectivity index is 1.83. The van der Waals surface area contributed by atoms with Gasteiger partial charge in [0, 0.05) is 42.7 Å². The second-order valence-electron chi connectivity index (χ2n) is 7.06. The number of hydrogen-bond acceptors (Lipinski definition) is 4. The van der Waals surface area contributed by atoms with Gasteiger partial charge < -0.3 is 19.1 Å². The highest BCUT2D eigenvalue weighted by molar-refractivity contribution is 5.50. The van der Waals surface area contributed by atoms with Crippen LogP contribution < -0.4 is 9.47 Å². The highest BCUT2D eigenvalue weighted by Crippen LogP contribution is 2.42. The molecule has 1 aliphatic heterocycles. The van der Waals surface area contributed by atoms with Crippen LogP contribution in [0, 0.1) is 0 Å². The first-order valence-electron chi connectivity index (χ1n) is 9.59. The van der Waals surface area contributed by atoms with E-state index in [1.165, 1.54) is 5.69 Å². The number of aromatic nitrogens is 1. The van der Waals surface area contributed by atoms with Gasteiger partial charge in [0.25, 0.3) is 0 Å². The highest BCUT2D eigenvalue weighted by Gasteiger charge is 2.31. The molecule has 2 aromatic carbocycles. The van der Waals surface area contributed by atoms with Crippen LogP contribution in [0.5, 0.6) is 17.2 Å². The largest absolute Gasteiger partial charge is 0.508 e. The highest BCUT2D eigenvalue weighted by atomic mass is 16.5. The molecule has 0 amide bonds. The van der Waals surface area contributed by atoms with Crippen molar-refractivity contribution in [3.05, 3.63) is 77.6 Å². The van der Waals surface area contributed by atoms with E-state index in [-0.39, 0.29) is 6.04 Å². The van der Waals surface area contributed by atoms with Crippen LogP contribution in [0.3, 0.4) is 0 Å². The normalized spacial score (nSPS) is 17.0. The molecular weight excluding hydrogens is 352 g/mol. The van der Waals surface area contributed by atoms with E-state index >= 15 is 0 Å². The van der Waals surface area contributed by atoms with E-state index in [1.807, 2.05) is 30.3 Å². The number of methoxy groups -OCH3 is 2. The van der Waals surface area contributed by atoms with Gasteiger partial charge in [-0.05, 0) is 30.7 Å². The molecule has 4 rings (SSSR count). The Morgan fingerprint density at radius 2 is 1.82 bits per heavy atom. The summed E-state index contributed by atoms with van der Waals surface area (Å²) in [7, 11) is 3.35. The molecule has 5 heteroatoms. The van der Waals surface area contributed by atoms with E-state index in [0.29, 0.717) is 12.3 Å². The molecule has 1 N–H and O–H groups in total. The lowest BCUT2D eigenvalue weighted by Gasteiger charge is -2.32. The molecule has 0 fully saturated rings. The van der Waals surface area contributed by atoms with Gasteiger partial charge >= 0.3 is 0 Å². The second kappa shape index (κ2) is 7.98. The minimum atomic E-state index is 0.00200. The van der Waals surface area contributed by atoms with Crippen LogP contribution in [-0.2, 0) is 13.1 Å². The van der Waals surface area contributed by atoms with Gasteiger partial charge in [-0.15, -0.1) is 0 Å². The summed E-state index contributed by atoms with van der Waals surface area (Å²) in [5.41, 5.74) is 3.22. The third-order valence-corrected chi connectivity index (χ3v) is 5.45. The average molecular weight is 378 g/mol. The Morgan fingerprint density at radius 1 is 0.964 bits per heavy atom. The smallest absolute Gasteiger partial charge is 0.165 e. The molecule has 3 aromatic rings. The Bertz CT molecular complexity index is 951. The summed E-state index contributed by atoms with van der Waals surface area (Å²) >= 11 is 0. The van der Waals surface area contributed by atoms with E-state index in [9.17, 15) is 5.11 Å². The van der Waals surface area contributed by atoms with Gasteiger partial charge in [0.1, 0.15) is 5.75 Å². The first kappa shape index (κ1) is 18.4. The van der Waals surface area contributed by atoms with Gasteiger partial charge in [0.05, 0.1) is 20.3 Å². The number of rotatable bonds is 5. The number of nitrogens with zero attached hydrogens (tertiary/aromatic N) is 2. The molecular formula is C23H26N2O3. The molecule has 1 atom stereocenters. The maximum atomic E-state index is 10.3. The molecule has 0 saturated heterocycles. The van der Waals surface area contributed by atoms with Crippen molar-refractivity contribution in [1.29, 1.82) is 0 Å². The summed E-state index contributed by atoms with van der Waals surface area (Å²) in [6, 6.07) is 17.9. The predicted octanol–water partition coefficient (Wildman–Crippen LogP) is 4.21. The van der Waals surface area contributed by atoms with Crippen molar-refractivity contribution in [3.8, 4) is 17.2 Å². The monoisotopic (exact) mass is 378 g/mol. The molecule has 0 saturated carbocycles. The van der Waals surface area contributed by atoms with Crippen LogP contribution in [0.1, 0.15) is 29.3 Å². The molecule has 0 radical (unpaired) electrons. The number of aromatic hydroxyl groups is 1. The molecule has 0 bridgehead atoms. The lowest BCUT2D eigenvalue weighted by molar-refractivity contribution is 0.213. The molecule has 1 aliphatic rings. The quantitative estimate of drug-likeness (QED) is 0.723. The van der Waals surface area contributed by atoms with Crippen molar-refractivity contribution >= 4 is 0 Å². The number of phenolic OH excluding ortho intramolecular Hbond substituents is 1. The lowest BCUT2D eigenvalue weighted by atomic mass is 9.99. The van der Waals surface area contributed by atoms with Gasteiger partial charge in [-0.1, -0.05) is 30.3 Å². The maximum Gasteiger partial charge on any atom is 0.165 e. The number of phenols is 1. The predicted molar refractivity (Wildman–Crippen MR) is 109 cm³/mol. The van der Waals surface area contributed by atoms with E-state index in [2.05, 4.69) is 33.9 Å². The minimum absolute atomic E-state index is 0.00200. The SMILES string of the molecule is COc1cccc(C2c3cccn3CCCN2Cc2ccccc2O)c1OC. The number of ether oxygens (including phenoxy) is 2. The van der Waals surface area contributed by atoms with Gasteiger partial charge in [0.2, 0.25) is 0 Å². The zero-order valence-corrected chi connectivity index (χ0v) is 16.3. The summed E-state index contributed by atoms with van der Waals surface area (Å²) < 4.78 is 13.6.